The van der Waals surface area contributed by atoms with Crippen molar-refractivity contribution < 1.29 is 9.53 Å². The first kappa shape index (κ1) is 14.8. The maximum absolute atomic E-state index is 12.7. The molecule has 1 N–H and O–H groups in total. The number of carbonyl (C=O) groups excluding carboxylic acids is 1. The molecule has 4 heteroatoms. The topological polar surface area (TPSA) is 45.3 Å². The summed E-state index contributed by atoms with van der Waals surface area (Å²) in [6, 6.07) is 8.60. The first-order valence-electron chi connectivity index (χ1n) is 8.79. The van der Waals surface area contributed by atoms with Crippen molar-refractivity contribution in [2.24, 2.45) is 0 Å². The smallest absolute Gasteiger partial charge is 0.223 e. The molecule has 122 valence electrons. The number of H-pyrrole nitrogens is 1. The van der Waals surface area contributed by atoms with Crippen LogP contribution in [0.4, 0.5) is 0 Å². The van der Waals surface area contributed by atoms with E-state index in [-0.39, 0.29) is 12.0 Å². The monoisotopic (exact) mass is 312 g/mol. The molecule has 2 atom stereocenters. The zero-order valence-corrected chi connectivity index (χ0v) is 13.5. The molecule has 4 rings (SSSR count). The highest BCUT2D eigenvalue weighted by molar-refractivity contribution is 5.84. The van der Waals surface area contributed by atoms with E-state index in [4.69, 9.17) is 4.74 Å². The van der Waals surface area contributed by atoms with Gasteiger partial charge in [0.05, 0.1) is 18.8 Å². The number of rotatable bonds is 3. The number of benzene rings is 1. The van der Waals surface area contributed by atoms with Crippen molar-refractivity contribution in [3.8, 4) is 0 Å². The molecule has 1 amide bonds. The molecule has 1 aliphatic carbocycles. The van der Waals surface area contributed by atoms with Gasteiger partial charge in [0, 0.05) is 30.1 Å². The highest BCUT2D eigenvalue weighted by Crippen LogP contribution is 2.29. The van der Waals surface area contributed by atoms with E-state index in [0.29, 0.717) is 19.1 Å². The molecule has 0 spiro atoms. The minimum Gasteiger partial charge on any atom is -0.374 e. The molecule has 2 heterocycles. The number of hydrogen-bond acceptors (Lipinski definition) is 2. The first-order valence-corrected chi connectivity index (χ1v) is 8.79. The third kappa shape index (κ3) is 2.88. The van der Waals surface area contributed by atoms with Crippen LogP contribution < -0.4 is 0 Å². The molecule has 0 bridgehead atoms. The fourth-order valence-corrected chi connectivity index (χ4v) is 4.13. The Morgan fingerprint density at radius 3 is 3.09 bits per heavy atom. The van der Waals surface area contributed by atoms with Crippen LogP contribution >= 0.6 is 0 Å². The van der Waals surface area contributed by atoms with Crippen LogP contribution in [0.2, 0.25) is 0 Å². The predicted molar refractivity (Wildman–Crippen MR) is 90.3 cm³/mol. The number of aryl methyl sites for hydroxylation is 1. The number of nitrogens with one attached hydrogen (secondary N) is 1. The van der Waals surface area contributed by atoms with E-state index in [2.05, 4.69) is 28.1 Å². The summed E-state index contributed by atoms with van der Waals surface area (Å²) in [5.74, 6) is 0.287. The summed E-state index contributed by atoms with van der Waals surface area (Å²) < 4.78 is 5.87. The van der Waals surface area contributed by atoms with Crippen LogP contribution in [0.1, 0.15) is 37.7 Å². The van der Waals surface area contributed by atoms with Crippen LogP contribution in [0, 0.1) is 0 Å². The molecule has 0 unspecified atom stereocenters. The molecule has 2 fully saturated rings. The summed E-state index contributed by atoms with van der Waals surface area (Å²) in [7, 11) is 0. The molecule has 2 aromatic rings. The lowest BCUT2D eigenvalue weighted by molar-refractivity contribution is -0.149. The maximum atomic E-state index is 12.7. The number of morpholine rings is 1. The standard InChI is InChI=1S/C19H24N2O2/c22-19(21-11-12-23-18-8-4-3-7-17(18)21)10-9-14-13-20-16-6-2-1-5-15(14)16/h1-2,5-6,13,17-18,20H,3-4,7-12H2/t17-,18-/m0/s1. The summed E-state index contributed by atoms with van der Waals surface area (Å²) in [6.45, 7) is 1.45. The van der Waals surface area contributed by atoms with Gasteiger partial charge in [0.2, 0.25) is 5.91 Å². The predicted octanol–water partition coefficient (Wildman–Crippen LogP) is 3.27. The molecule has 4 nitrogen and oxygen atoms in total. The Labute approximate surface area is 136 Å². The highest BCUT2D eigenvalue weighted by Gasteiger charge is 2.36. The van der Waals surface area contributed by atoms with Crippen molar-refractivity contribution in [3.05, 3.63) is 36.0 Å². The average Bonchev–Trinajstić information content (AvgIpc) is 3.02. The summed E-state index contributed by atoms with van der Waals surface area (Å²) in [5, 5.41) is 1.23. The molecular formula is C19H24N2O2. The maximum Gasteiger partial charge on any atom is 0.223 e. The molecule has 1 aromatic heterocycles. The first-order chi connectivity index (χ1) is 11.3. The second-order valence-corrected chi connectivity index (χ2v) is 6.71. The van der Waals surface area contributed by atoms with Gasteiger partial charge in [0.25, 0.3) is 0 Å². The van der Waals surface area contributed by atoms with Gasteiger partial charge in [-0.05, 0) is 30.9 Å². The van der Waals surface area contributed by atoms with Crippen LogP contribution in [-0.2, 0) is 16.0 Å². The normalized spacial score (nSPS) is 24.6. The van der Waals surface area contributed by atoms with E-state index >= 15 is 0 Å². The van der Waals surface area contributed by atoms with E-state index in [1.165, 1.54) is 23.8 Å². The van der Waals surface area contributed by atoms with E-state index in [9.17, 15) is 4.79 Å². The molecule has 2 aliphatic rings. The summed E-state index contributed by atoms with van der Waals surface area (Å²) in [4.78, 5) is 18.1. The third-order valence-electron chi connectivity index (χ3n) is 5.34. The van der Waals surface area contributed by atoms with Crippen molar-refractivity contribution in [3.63, 3.8) is 0 Å². The molecule has 1 aliphatic heterocycles. The molecule has 1 saturated heterocycles. The van der Waals surface area contributed by atoms with Gasteiger partial charge in [-0.25, -0.2) is 0 Å². The fourth-order valence-electron chi connectivity index (χ4n) is 4.13. The van der Waals surface area contributed by atoms with E-state index < -0.39 is 0 Å². The summed E-state index contributed by atoms with van der Waals surface area (Å²) in [6.07, 6.45) is 8.37. The lowest BCUT2D eigenvalue weighted by Crippen LogP contribution is -2.54. The van der Waals surface area contributed by atoms with Gasteiger partial charge in [-0.15, -0.1) is 0 Å². The van der Waals surface area contributed by atoms with E-state index in [1.54, 1.807) is 0 Å². The van der Waals surface area contributed by atoms with Crippen LogP contribution in [0.5, 0.6) is 0 Å². The van der Waals surface area contributed by atoms with E-state index in [1.807, 2.05) is 12.3 Å². The number of nitrogens with zero attached hydrogens (tertiary/aromatic N) is 1. The van der Waals surface area contributed by atoms with Gasteiger partial charge in [-0.2, -0.15) is 0 Å². The summed E-state index contributed by atoms with van der Waals surface area (Å²) in [5.41, 5.74) is 2.39. The Bertz CT molecular complexity index is 691. The van der Waals surface area contributed by atoms with Crippen LogP contribution in [0.3, 0.4) is 0 Å². The largest absolute Gasteiger partial charge is 0.374 e. The Hall–Kier alpha value is -1.81. The number of amides is 1. The molecular weight excluding hydrogens is 288 g/mol. The third-order valence-corrected chi connectivity index (χ3v) is 5.34. The highest BCUT2D eigenvalue weighted by atomic mass is 16.5. The number of aromatic amines is 1. The van der Waals surface area contributed by atoms with Crippen molar-refractivity contribution in [2.45, 2.75) is 50.7 Å². The Kier molecular flexibility index (Phi) is 4.08. The minimum atomic E-state index is 0.273. The average molecular weight is 312 g/mol. The van der Waals surface area contributed by atoms with E-state index in [0.717, 1.165) is 31.3 Å². The quantitative estimate of drug-likeness (QED) is 0.945. The van der Waals surface area contributed by atoms with Gasteiger partial charge < -0.3 is 14.6 Å². The minimum absolute atomic E-state index is 0.273. The van der Waals surface area contributed by atoms with Crippen molar-refractivity contribution in [2.75, 3.05) is 13.2 Å². The van der Waals surface area contributed by atoms with Crippen molar-refractivity contribution >= 4 is 16.8 Å². The number of fused-ring (bicyclic) bond motifs is 2. The molecule has 1 aromatic carbocycles. The van der Waals surface area contributed by atoms with Gasteiger partial charge >= 0.3 is 0 Å². The van der Waals surface area contributed by atoms with Gasteiger partial charge in [-0.1, -0.05) is 31.0 Å². The Balaban J connectivity index is 1.43. The van der Waals surface area contributed by atoms with Crippen molar-refractivity contribution in [1.82, 2.24) is 9.88 Å². The zero-order chi connectivity index (χ0) is 15.6. The second-order valence-electron chi connectivity index (χ2n) is 6.71. The van der Waals surface area contributed by atoms with Gasteiger partial charge in [-0.3, -0.25) is 4.79 Å². The lowest BCUT2D eigenvalue weighted by atomic mass is 9.90. The zero-order valence-electron chi connectivity index (χ0n) is 13.5. The Morgan fingerprint density at radius 2 is 2.13 bits per heavy atom. The van der Waals surface area contributed by atoms with Crippen molar-refractivity contribution in [1.29, 1.82) is 0 Å². The lowest BCUT2D eigenvalue weighted by Gasteiger charge is -2.43. The number of aromatic nitrogens is 1. The fraction of sp³-hybridized carbons (Fsp3) is 0.526. The van der Waals surface area contributed by atoms with Crippen LogP contribution in [0.25, 0.3) is 10.9 Å². The van der Waals surface area contributed by atoms with Crippen LogP contribution in [-0.4, -0.2) is 41.1 Å². The number of carbonyl (C=O) groups is 1. The molecule has 1 saturated carbocycles. The Morgan fingerprint density at radius 1 is 1.26 bits per heavy atom. The molecule has 23 heavy (non-hydrogen) atoms. The number of ether oxygens (including phenoxy) is 1. The SMILES string of the molecule is O=C(CCc1c[nH]c2ccccc12)N1CCO[C@H]2CCCC[C@@H]21. The molecule has 0 radical (unpaired) electrons. The van der Waals surface area contributed by atoms with Crippen LogP contribution in [0.15, 0.2) is 30.5 Å². The number of hydrogen-bond donors (Lipinski definition) is 1. The summed E-state index contributed by atoms with van der Waals surface area (Å²) >= 11 is 0. The van der Waals surface area contributed by atoms with Gasteiger partial charge in [0.15, 0.2) is 0 Å². The van der Waals surface area contributed by atoms with Gasteiger partial charge in [0.1, 0.15) is 0 Å². The number of para-hydroxylation sites is 1. The second kappa shape index (κ2) is 6.36.